The number of rotatable bonds is 4. The number of nitrogens with one attached hydrogen (secondary N) is 2. The fourth-order valence-corrected chi connectivity index (χ4v) is 2.54. The highest BCUT2D eigenvalue weighted by molar-refractivity contribution is 7.92. The van der Waals surface area contributed by atoms with E-state index in [1.54, 1.807) is 0 Å². The molecule has 0 unspecified atom stereocenters. The number of anilines is 2. The van der Waals surface area contributed by atoms with Crippen molar-refractivity contribution < 1.29 is 13.2 Å². The molecule has 1 amide bonds. The molecule has 1 aromatic carbocycles. The van der Waals surface area contributed by atoms with Gasteiger partial charge in [0.15, 0.2) is 0 Å². The van der Waals surface area contributed by atoms with Crippen LogP contribution in [0, 0.1) is 0 Å². The van der Waals surface area contributed by atoms with Crippen LogP contribution in [0.1, 0.15) is 10.4 Å². The highest BCUT2D eigenvalue weighted by atomic mass is 32.2. The number of benzene rings is 1. The van der Waals surface area contributed by atoms with Crippen molar-refractivity contribution in [1.82, 2.24) is 9.97 Å². The molecule has 0 saturated carbocycles. The highest BCUT2D eigenvalue weighted by Crippen LogP contribution is 2.21. The average molecular weight is 281 g/mol. The topological polar surface area (TPSA) is 144 Å². The van der Waals surface area contributed by atoms with E-state index in [0.29, 0.717) is 0 Å². The number of nitrogens with zero attached hydrogens (tertiary/aromatic N) is 1. The SMILES string of the molecule is NC(=O)c1ccc(S(=O)(=O)Nc2ncc[nH]2)c(N)c1. The number of nitrogen functional groups attached to an aromatic ring is 1. The van der Waals surface area contributed by atoms with Crippen molar-refractivity contribution in [3.05, 3.63) is 36.2 Å². The molecule has 8 nitrogen and oxygen atoms in total. The summed E-state index contributed by atoms with van der Waals surface area (Å²) in [6, 6.07) is 3.70. The number of nitrogens with two attached hydrogens (primary N) is 2. The first-order chi connectivity index (χ1) is 8.90. The van der Waals surface area contributed by atoms with Gasteiger partial charge in [0.2, 0.25) is 11.9 Å². The Balaban J connectivity index is 2.38. The van der Waals surface area contributed by atoms with Crippen LogP contribution in [-0.4, -0.2) is 24.3 Å². The number of primary amides is 1. The normalized spacial score (nSPS) is 11.2. The lowest BCUT2D eigenvalue weighted by molar-refractivity contribution is 0.1000. The molecule has 0 bridgehead atoms. The zero-order valence-electron chi connectivity index (χ0n) is 9.62. The van der Waals surface area contributed by atoms with Crippen molar-refractivity contribution in [3.63, 3.8) is 0 Å². The zero-order chi connectivity index (χ0) is 14.0. The third-order valence-electron chi connectivity index (χ3n) is 2.31. The van der Waals surface area contributed by atoms with Gasteiger partial charge in [-0.3, -0.25) is 4.79 Å². The highest BCUT2D eigenvalue weighted by Gasteiger charge is 2.19. The first kappa shape index (κ1) is 12.9. The molecule has 1 heterocycles. The maximum absolute atomic E-state index is 12.0. The third kappa shape index (κ3) is 2.65. The molecule has 0 spiro atoms. The minimum atomic E-state index is -3.88. The lowest BCUT2D eigenvalue weighted by Gasteiger charge is -2.08. The minimum absolute atomic E-state index is 0.0679. The number of H-pyrrole nitrogens is 1. The van der Waals surface area contributed by atoms with Crippen molar-refractivity contribution in [2.45, 2.75) is 4.90 Å². The van der Waals surface area contributed by atoms with Gasteiger partial charge in [-0.25, -0.2) is 18.1 Å². The van der Waals surface area contributed by atoms with E-state index < -0.39 is 15.9 Å². The standard InChI is InChI=1S/C10H11N5O3S/c11-7-5-6(9(12)16)1-2-8(7)19(17,18)15-10-13-3-4-14-10/h1-5H,11H2,(H2,12,16)(H2,13,14,15). The molecule has 0 fully saturated rings. The molecule has 0 aliphatic carbocycles. The summed E-state index contributed by atoms with van der Waals surface area (Å²) >= 11 is 0. The summed E-state index contributed by atoms with van der Waals surface area (Å²) in [6.07, 6.45) is 2.87. The van der Waals surface area contributed by atoms with E-state index >= 15 is 0 Å². The van der Waals surface area contributed by atoms with Crippen molar-refractivity contribution in [3.8, 4) is 0 Å². The van der Waals surface area contributed by atoms with Crippen LogP contribution in [0.2, 0.25) is 0 Å². The van der Waals surface area contributed by atoms with Crippen LogP contribution in [-0.2, 0) is 10.0 Å². The number of sulfonamides is 1. The Morgan fingerprint density at radius 2 is 2.11 bits per heavy atom. The van der Waals surface area contributed by atoms with Crippen LogP contribution in [0.5, 0.6) is 0 Å². The smallest absolute Gasteiger partial charge is 0.266 e. The van der Waals surface area contributed by atoms with E-state index in [-0.39, 0.29) is 22.1 Å². The van der Waals surface area contributed by atoms with Crippen molar-refractivity contribution >= 4 is 27.6 Å². The monoisotopic (exact) mass is 281 g/mol. The maximum atomic E-state index is 12.0. The summed E-state index contributed by atoms with van der Waals surface area (Å²) in [6.45, 7) is 0. The van der Waals surface area contributed by atoms with Gasteiger partial charge < -0.3 is 16.5 Å². The molecular weight excluding hydrogens is 270 g/mol. The second-order valence-electron chi connectivity index (χ2n) is 3.66. The molecule has 0 radical (unpaired) electrons. The van der Waals surface area contributed by atoms with E-state index in [9.17, 15) is 13.2 Å². The Hall–Kier alpha value is -2.55. The van der Waals surface area contributed by atoms with Gasteiger partial charge in [-0.05, 0) is 18.2 Å². The second-order valence-corrected chi connectivity index (χ2v) is 5.31. The van der Waals surface area contributed by atoms with Gasteiger partial charge in [-0.2, -0.15) is 0 Å². The fraction of sp³-hybridized carbons (Fsp3) is 0. The lowest BCUT2D eigenvalue weighted by Crippen LogP contribution is -2.17. The number of hydrogen-bond donors (Lipinski definition) is 4. The van der Waals surface area contributed by atoms with E-state index in [4.69, 9.17) is 11.5 Å². The van der Waals surface area contributed by atoms with Gasteiger partial charge in [-0.1, -0.05) is 0 Å². The number of hydrogen-bond acceptors (Lipinski definition) is 5. The van der Waals surface area contributed by atoms with Crippen LogP contribution in [0.3, 0.4) is 0 Å². The molecule has 9 heteroatoms. The van der Waals surface area contributed by atoms with Crippen molar-refractivity contribution in [2.75, 3.05) is 10.5 Å². The number of carbonyl (C=O) groups is 1. The first-order valence-electron chi connectivity index (χ1n) is 5.11. The fourth-order valence-electron chi connectivity index (χ4n) is 1.45. The minimum Gasteiger partial charge on any atom is -0.398 e. The van der Waals surface area contributed by atoms with E-state index in [1.165, 1.54) is 30.6 Å². The molecule has 0 aliphatic heterocycles. The van der Waals surface area contributed by atoms with Crippen LogP contribution < -0.4 is 16.2 Å². The number of aromatic amines is 1. The Morgan fingerprint density at radius 1 is 1.37 bits per heavy atom. The Labute approximate surface area is 108 Å². The summed E-state index contributed by atoms with van der Waals surface area (Å²) in [5.74, 6) is -0.618. The number of imidazole rings is 1. The maximum Gasteiger partial charge on any atom is 0.266 e. The Bertz CT molecular complexity index is 709. The van der Waals surface area contributed by atoms with Gasteiger partial charge >= 0.3 is 0 Å². The predicted octanol–water partition coefficient (Wildman–Crippen LogP) is -0.108. The number of aromatic nitrogens is 2. The summed E-state index contributed by atoms with van der Waals surface area (Å²) < 4.78 is 26.3. The Kier molecular flexibility index (Phi) is 3.13. The van der Waals surface area contributed by atoms with Crippen LogP contribution >= 0.6 is 0 Å². The first-order valence-corrected chi connectivity index (χ1v) is 6.60. The van der Waals surface area contributed by atoms with E-state index in [1.807, 2.05) is 0 Å². The van der Waals surface area contributed by atoms with Crippen LogP contribution in [0.15, 0.2) is 35.5 Å². The quantitative estimate of drug-likeness (QED) is 0.578. The summed E-state index contributed by atoms with van der Waals surface area (Å²) in [5.41, 5.74) is 10.8. The second kappa shape index (κ2) is 4.61. The molecule has 0 saturated heterocycles. The van der Waals surface area contributed by atoms with Gasteiger partial charge in [-0.15, -0.1) is 0 Å². The van der Waals surface area contributed by atoms with Crippen molar-refractivity contribution in [2.24, 2.45) is 5.73 Å². The van der Waals surface area contributed by atoms with Crippen molar-refractivity contribution in [1.29, 1.82) is 0 Å². The predicted molar refractivity (Wildman–Crippen MR) is 68.8 cm³/mol. The van der Waals surface area contributed by atoms with Gasteiger partial charge in [0.25, 0.3) is 10.0 Å². The largest absolute Gasteiger partial charge is 0.398 e. The zero-order valence-corrected chi connectivity index (χ0v) is 10.4. The van der Waals surface area contributed by atoms with E-state index in [0.717, 1.165) is 0 Å². The number of carbonyl (C=O) groups excluding carboxylic acids is 1. The van der Waals surface area contributed by atoms with Crippen LogP contribution in [0.25, 0.3) is 0 Å². The molecule has 100 valence electrons. The summed E-state index contributed by atoms with van der Waals surface area (Å²) in [5, 5.41) is 0. The van der Waals surface area contributed by atoms with Gasteiger partial charge in [0.05, 0.1) is 5.69 Å². The summed E-state index contributed by atoms with van der Waals surface area (Å²) in [7, 11) is -3.88. The summed E-state index contributed by atoms with van der Waals surface area (Å²) in [4.78, 5) is 17.1. The number of amides is 1. The molecule has 2 aromatic rings. The van der Waals surface area contributed by atoms with Gasteiger partial charge in [0, 0.05) is 18.0 Å². The molecule has 6 N–H and O–H groups in total. The molecular formula is C10H11N5O3S. The lowest BCUT2D eigenvalue weighted by atomic mass is 10.2. The third-order valence-corrected chi connectivity index (χ3v) is 3.73. The van der Waals surface area contributed by atoms with Crippen LogP contribution in [0.4, 0.5) is 11.6 Å². The Morgan fingerprint density at radius 3 is 2.63 bits per heavy atom. The molecule has 2 rings (SSSR count). The van der Waals surface area contributed by atoms with E-state index in [2.05, 4.69) is 14.7 Å². The molecule has 19 heavy (non-hydrogen) atoms. The molecule has 1 aromatic heterocycles. The average Bonchev–Trinajstić information content (AvgIpc) is 2.80. The molecule has 0 atom stereocenters. The van der Waals surface area contributed by atoms with Gasteiger partial charge in [0.1, 0.15) is 4.90 Å². The molecule has 0 aliphatic rings.